The van der Waals surface area contributed by atoms with Gasteiger partial charge in [0.05, 0.1) is 0 Å². The molecule has 0 aliphatic heterocycles. The van der Waals surface area contributed by atoms with Crippen LogP contribution in [-0.4, -0.2) is 55.1 Å². The van der Waals surface area contributed by atoms with Crippen LogP contribution in [0, 0.1) is 27.7 Å². The van der Waals surface area contributed by atoms with Gasteiger partial charge in [0.1, 0.15) is 35.9 Å². The maximum absolute atomic E-state index is 10.6. The quantitative estimate of drug-likeness (QED) is 0.364. The molecule has 0 aliphatic carbocycles. The van der Waals surface area contributed by atoms with Crippen molar-refractivity contribution >= 4 is 11.1 Å². The standard InChI is InChI=1S/C26H34O6/c1-13-9-7-11-19(15(13)3)17(5)21(27)23(29)25(31)26(32)24(30)22(28)18(6)20-12-8-10-14(2)16(20)4/h7-12,23-32H,1-6H3/t23-,24+,25-,26-/m1/s1. The number of allylic oxidation sites excluding steroid dienone is 2. The molecule has 6 nitrogen and oxygen atoms in total. The van der Waals surface area contributed by atoms with E-state index < -0.39 is 35.9 Å². The molecule has 0 aromatic heterocycles. The summed E-state index contributed by atoms with van der Waals surface area (Å²) in [6.07, 6.45) is -7.63. The maximum atomic E-state index is 10.6. The van der Waals surface area contributed by atoms with Crippen LogP contribution in [0.2, 0.25) is 0 Å². The number of hydrogen-bond donors (Lipinski definition) is 6. The highest BCUT2D eigenvalue weighted by Gasteiger charge is 2.36. The molecule has 2 aromatic rings. The first-order chi connectivity index (χ1) is 14.9. The van der Waals surface area contributed by atoms with E-state index in [1.165, 1.54) is 0 Å². The monoisotopic (exact) mass is 442 g/mol. The van der Waals surface area contributed by atoms with Gasteiger partial charge in [-0.1, -0.05) is 36.4 Å². The van der Waals surface area contributed by atoms with Gasteiger partial charge in [-0.2, -0.15) is 0 Å². The summed E-state index contributed by atoms with van der Waals surface area (Å²) in [4.78, 5) is 0. The van der Waals surface area contributed by atoms with E-state index in [-0.39, 0.29) is 0 Å². The molecule has 174 valence electrons. The van der Waals surface area contributed by atoms with Gasteiger partial charge in [-0.3, -0.25) is 0 Å². The summed E-state index contributed by atoms with van der Waals surface area (Å²) >= 11 is 0. The molecule has 0 radical (unpaired) electrons. The molecule has 4 atom stereocenters. The van der Waals surface area contributed by atoms with Crippen LogP contribution >= 0.6 is 0 Å². The fraction of sp³-hybridized carbons (Fsp3) is 0.385. The predicted molar refractivity (Wildman–Crippen MR) is 126 cm³/mol. The van der Waals surface area contributed by atoms with Crippen LogP contribution in [0.4, 0.5) is 0 Å². The van der Waals surface area contributed by atoms with Crippen molar-refractivity contribution in [1.82, 2.24) is 0 Å². The van der Waals surface area contributed by atoms with Crippen LogP contribution < -0.4 is 0 Å². The van der Waals surface area contributed by atoms with Crippen molar-refractivity contribution < 1.29 is 30.6 Å². The second kappa shape index (κ2) is 10.3. The number of aliphatic hydroxyl groups is 6. The van der Waals surface area contributed by atoms with Gasteiger partial charge < -0.3 is 30.6 Å². The third-order valence-corrected chi connectivity index (χ3v) is 6.34. The largest absolute Gasteiger partial charge is 0.509 e. The maximum Gasteiger partial charge on any atom is 0.139 e. The number of benzene rings is 2. The normalized spacial score (nSPS) is 17.2. The van der Waals surface area contributed by atoms with E-state index in [1.807, 2.05) is 52.0 Å². The summed E-state index contributed by atoms with van der Waals surface area (Å²) in [7, 11) is 0. The van der Waals surface area contributed by atoms with Crippen molar-refractivity contribution in [3.05, 3.63) is 81.3 Å². The summed E-state index contributed by atoms with van der Waals surface area (Å²) in [5.41, 5.74) is 5.87. The molecule has 0 unspecified atom stereocenters. The minimum absolute atomic E-state index is 0.339. The molecule has 0 saturated carbocycles. The molecular weight excluding hydrogens is 408 g/mol. The van der Waals surface area contributed by atoms with Crippen LogP contribution in [0.1, 0.15) is 47.2 Å². The number of aliphatic hydroxyl groups excluding tert-OH is 6. The summed E-state index contributed by atoms with van der Waals surface area (Å²) in [5, 5.41) is 63.0. The average molecular weight is 443 g/mol. The van der Waals surface area contributed by atoms with Crippen molar-refractivity contribution in [3.63, 3.8) is 0 Å². The zero-order valence-corrected chi connectivity index (χ0v) is 19.5. The van der Waals surface area contributed by atoms with Crippen LogP contribution in [0.3, 0.4) is 0 Å². The van der Waals surface area contributed by atoms with Crippen LogP contribution in [0.25, 0.3) is 11.1 Å². The predicted octanol–water partition coefficient (Wildman–Crippen LogP) is 3.64. The van der Waals surface area contributed by atoms with Crippen LogP contribution in [0.5, 0.6) is 0 Å². The Balaban J connectivity index is 2.32. The smallest absolute Gasteiger partial charge is 0.139 e. The molecule has 0 aliphatic rings. The lowest BCUT2D eigenvalue weighted by Crippen LogP contribution is -2.46. The van der Waals surface area contributed by atoms with Gasteiger partial charge in [0, 0.05) is 0 Å². The zero-order chi connectivity index (χ0) is 24.3. The molecule has 0 saturated heterocycles. The minimum atomic E-state index is -1.95. The van der Waals surface area contributed by atoms with Gasteiger partial charge in [-0.25, -0.2) is 0 Å². The minimum Gasteiger partial charge on any atom is -0.509 e. The van der Waals surface area contributed by atoms with E-state index >= 15 is 0 Å². The lowest BCUT2D eigenvalue weighted by Gasteiger charge is -2.27. The first kappa shape index (κ1) is 25.6. The first-order valence-corrected chi connectivity index (χ1v) is 10.5. The molecule has 6 N–H and O–H groups in total. The van der Waals surface area contributed by atoms with Gasteiger partial charge in [-0.05, 0) is 86.1 Å². The Morgan fingerprint density at radius 1 is 0.594 bits per heavy atom. The Morgan fingerprint density at radius 3 is 1.22 bits per heavy atom. The molecule has 0 amide bonds. The fourth-order valence-electron chi connectivity index (χ4n) is 3.73. The topological polar surface area (TPSA) is 121 Å². The van der Waals surface area contributed by atoms with Crippen LogP contribution in [0.15, 0.2) is 47.9 Å². The molecular formula is C26H34O6. The van der Waals surface area contributed by atoms with E-state index in [4.69, 9.17) is 0 Å². The molecule has 0 spiro atoms. The number of hydrogen-bond acceptors (Lipinski definition) is 6. The third-order valence-electron chi connectivity index (χ3n) is 6.34. The van der Waals surface area contributed by atoms with Gasteiger partial charge in [-0.15, -0.1) is 0 Å². The molecule has 0 heterocycles. The van der Waals surface area contributed by atoms with E-state index in [9.17, 15) is 30.6 Å². The van der Waals surface area contributed by atoms with Gasteiger partial charge in [0.15, 0.2) is 0 Å². The van der Waals surface area contributed by atoms with Crippen molar-refractivity contribution in [1.29, 1.82) is 0 Å². The van der Waals surface area contributed by atoms with E-state index in [1.54, 1.807) is 26.0 Å². The Kier molecular flexibility index (Phi) is 8.26. The Labute approximate surface area is 189 Å². The molecule has 0 fully saturated rings. The van der Waals surface area contributed by atoms with E-state index in [2.05, 4.69) is 0 Å². The molecule has 6 heteroatoms. The first-order valence-electron chi connectivity index (χ1n) is 10.5. The molecule has 32 heavy (non-hydrogen) atoms. The number of rotatable bonds is 7. The second-order valence-corrected chi connectivity index (χ2v) is 8.39. The zero-order valence-electron chi connectivity index (χ0n) is 19.5. The molecule has 0 bridgehead atoms. The fourth-order valence-corrected chi connectivity index (χ4v) is 3.73. The summed E-state index contributed by atoms with van der Waals surface area (Å²) in [6, 6.07) is 11.0. The van der Waals surface area contributed by atoms with E-state index in [0.717, 1.165) is 22.3 Å². The van der Waals surface area contributed by atoms with E-state index in [0.29, 0.717) is 22.3 Å². The SMILES string of the molecule is CC(=C(O)[C@@H](O)[C@@H](O)[C@H](O)[C@@H](O)C(O)=C(C)c1cccc(C)c1C)c1cccc(C)c1C. The second-order valence-electron chi connectivity index (χ2n) is 8.39. The summed E-state index contributed by atoms with van der Waals surface area (Å²) in [5.74, 6) is -1.04. The van der Waals surface area contributed by atoms with Gasteiger partial charge >= 0.3 is 0 Å². The van der Waals surface area contributed by atoms with Gasteiger partial charge in [0.2, 0.25) is 0 Å². The van der Waals surface area contributed by atoms with Gasteiger partial charge in [0.25, 0.3) is 0 Å². The highest BCUT2D eigenvalue weighted by Crippen LogP contribution is 2.28. The lowest BCUT2D eigenvalue weighted by atomic mass is 9.91. The Bertz CT molecular complexity index is 953. The molecule has 2 aromatic carbocycles. The summed E-state index contributed by atoms with van der Waals surface area (Å²) in [6.45, 7) is 10.8. The highest BCUT2D eigenvalue weighted by molar-refractivity contribution is 5.70. The molecule has 2 rings (SSSR count). The summed E-state index contributed by atoms with van der Waals surface area (Å²) < 4.78 is 0. The van der Waals surface area contributed by atoms with Crippen molar-refractivity contribution in [2.24, 2.45) is 0 Å². The van der Waals surface area contributed by atoms with Crippen molar-refractivity contribution in [2.75, 3.05) is 0 Å². The third kappa shape index (κ3) is 5.05. The average Bonchev–Trinajstić information content (AvgIpc) is 2.78. The highest BCUT2D eigenvalue weighted by atomic mass is 16.4. The van der Waals surface area contributed by atoms with Crippen LogP contribution in [-0.2, 0) is 0 Å². The number of aryl methyl sites for hydroxylation is 2. The van der Waals surface area contributed by atoms with Crippen molar-refractivity contribution in [2.45, 2.75) is 66.0 Å². The Hall–Kier alpha value is -2.64. The Morgan fingerprint density at radius 2 is 0.906 bits per heavy atom. The lowest BCUT2D eigenvalue weighted by molar-refractivity contribution is -0.0999. The van der Waals surface area contributed by atoms with Crippen molar-refractivity contribution in [3.8, 4) is 0 Å².